The maximum absolute atomic E-state index is 13.3. The Morgan fingerprint density at radius 2 is 1.31 bits per heavy atom. The minimum atomic E-state index is -4.65. The van der Waals surface area contributed by atoms with Gasteiger partial charge >= 0.3 is 6.18 Å². The molecule has 3 aromatic rings. The summed E-state index contributed by atoms with van der Waals surface area (Å²) in [5.41, 5.74) is 0.984. The summed E-state index contributed by atoms with van der Waals surface area (Å²) in [4.78, 5) is 6.16. The number of phenolic OH excluding ortho intramolecular Hbond substituents is 2. The standard InChI is InChI=1S/C25H27F3N2O2/c1-24(2,3)20-11-6-8-17(22(20)31)14-30(16-19-10-4-5-13-29-19)15-18-9-7-12-21(23(18)32)25(26,27)28/h4-13,31-32H,14-16H2,1-3H3. The molecule has 7 heteroatoms. The number of rotatable bonds is 6. The Morgan fingerprint density at radius 3 is 1.81 bits per heavy atom. The SMILES string of the molecule is CC(C)(C)c1cccc(CN(Cc2ccccn2)Cc2cccc(C(F)(F)F)c2O)c1O. The molecular formula is C25H27F3N2O2. The van der Waals surface area contributed by atoms with Gasteiger partial charge in [-0.2, -0.15) is 13.2 Å². The molecule has 2 aromatic carbocycles. The number of nitrogens with zero attached hydrogens (tertiary/aromatic N) is 2. The number of phenols is 2. The third-order valence-electron chi connectivity index (χ3n) is 5.25. The molecule has 1 heterocycles. The highest BCUT2D eigenvalue weighted by Gasteiger charge is 2.34. The molecule has 0 unspecified atom stereocenters. The summed E-state index contributed by atoms with van der Waals surface area (Å²) in [7, 11) is 0. The fraction of sp³-hybridized carbons (Fsp3) is 0.320. The van der Waals surface area contributed by atoms with Crippen LogP contribution >= 0.6 is 0 Å². The van der Waals surface area contributed by atoms with Crippen molar-refractivity contribution in [3.05, 3.63) is 88.7 Å². The van der Waals surface area contributed by atoms with Gasteiger partial charge in [0, 0.05) is 37.0 Å². The number of alkyl halides is 3. The van der Waals surface area contributed by atoms with Gasteiger partial charge < -0.3 is 10.2 Å². The lowest BCUT2D eigenvalue weighted by molar-refractivity contribution is -0.138. The lowest BCUT2D eigenvalue weighted by atomic mass is 9.85. The smallest absolute Gasteiger partial charge is 0.419 e. The second kappa shape index (κ2) is 9.20. The van der Waals surface area contributed by atoms with Crippen LogP contribution in [0.5, 0.6) is 11.5 Å². The molecule has 2 N–H and O–H groups in total. The summed E-state index contributed by atoms with van der Waals surface area (Å²) in [6, 6.07) is 14.6. The number of aromatic nitrogens is 1. The van der Waals surface area contributed by atoms with Crippen LogP contribution in [0.3, 0.4) is 0 Å². The highest BCUT2D eigenvalue weighted by molar-refractivity contribution is 5.45. The number of benzene rings is 2. The average Bonchev–Trinajstić information content (AvgIpc) is 2.70. The molecule has 4 nitrogen and oxygen atoms in total. The van der Waals surface area contributed by atoms with E-state index in [2.05, 4.69) is 4.98 Å². The molecule has 0 bridgehead atoms. The molecule has 0 saturated carbocycles. The molecule has 1 aromatic heterocycles. The number of halogens is 3. The Labute approximate surface area is 186 Å². The van der Waals surface area contributed by atoms with Crippen LogP contribution in [0, 0.1) is 0 Å². The first-order valence-corrected chi connectivity index (χ1v) is 10.3. The van der Waals surface area contributed by atoms with Crippen LogP contribution in [-0.2, 0) is 31.2 Å². The Bertz CT molecular complexity index is 996. The van der Waals surface area contributed by atoms with Crippen molar-refractivity contribution in [2.24, 2.45) is 0 Å². The van der Waals surface area contributed by atoms with E-state index in [0.29, 0.717) is 12.1 Å². The molecule has 0 amide bonds. The largest absolute Gasteiger partial charge is 0.507 e. The van der Waals surface area contributed by atoms with Crippen LogP contribution in [0.2, 0.25) is 0 Å². The maximum atomic E-state index is 13.3. The van der Waals surface area contributed by atoms with E-state index in [-0.39, 0.29) is 29.8 Å². The van der Waals surface area contributed by atoms with E-state index in [9.17, 15) is 23.4 Å². The molecule has 3 rings (SSSR count). The molecule has 0 fully saturated rings. The second-order valence-electron chi connectivity index (χ2n) is 8.84. The van der Waals surface area contributed by atoms with E-state index in [1.54, 1.807) is 18.3 Å². The molecule has 0 aliphatic heterocycles. The van der Waals surface area contributed by atoms with Crippen molar-refractivity contribution in [1.29, 1.82) is 0 Å². The highest BCUT2D eigenvalue weighted by Crippen LogP contribution is 2.38. The highest BCUT2D eigenvalue weighted by atomic mass is 19.4. The van der Waals surface area contributed by atoms with Gasteiger partial charge in [-0.1, -0.05) is 57.2 Å². The Morgan fingerprint density at radius 1 is 0.750 bits per heavy atom. The Kier molecular flexibility index (Phi) is 6.79. The number of para-hydroxylation sites is 2. The van der Waals surface area contributed by atoms with Crippen LogP contribution in [0.1, 0.15) is 48.7 Å². The monoisotopic (exact) mass is 444 g/mol. The molecule has 170 valence electrons. The van der Waals surface area contributed by atoms with E-state index < -0.39 is 17.5 Å². The van der Waals surface area contributed by atoms with E-state index in [4.69, 9.17) is 0 Å². The zero-order valence-electron chi connectivity index (χ0n) is 18.3. The van der Waals surface area contributed by atoms with Crippen LogP contribution in [0.15, 0.2) is 60.8 Å². The van der Waals surface area contributed by atoms with E-state index >= 15 is 0 Å². The molecule has 0 radical (unpaired) electrons. The predicted octanol–water partition coefficient (Wildman–Crippen LogP) is 6.01. The van der Waals surface area contributed by atoms with E-state index in [1.807, 2.05) is 49.9 Å². The maximum Gasteiger partial charge on any atom is 0.419 e. The average molecular weight is 444 g/mol. The summed E-state index contributed by atoms with van der Waals surface area (Å²) in [6.45, 7) is 6.64. The summed E-state index contributed by atoms with van der Waals surface area (Å²) in [6.07, 6.45) is -3.00. The quantitative estimate of drug-likeness (QED) is 0.489. The molecule has 0 aliphatic carbocycles. The summed E-state index contributed by atoms with van der Waals surface area (Å²) in [5, 5.41) is 21.2. The number of hydrogen-bond acceptors (Lipinski definition) is 4. The van der Waals surface area contributed by atoms with E-state index in [1.165, 1.54) is 12.1 Å². The molecule has 0 saturated heterocycles. The molecule has 0 spiro atoms. The summed E-state index contributed by atoms with van der Waals surface area (Å²) >= 11 is 0. The normalized spacial score (nSPS) is 12.3. The van der Waals surface area contributed by atoms with Gasteiger partial charge in [0.2, 0.25) is 0 Å². The van der Waals surface area contributed by atoms with Crippen LogP contribution in [0.4, 0.5) is 13.2 Å². The summed E-state index contributed by atoms with van der Waals surface area (Å²) in [5.74, 6) is -0.613. The fourth-order valence-corrected chi connectivity index (χ4v) is 3.64. The number of aromatic hydroxyl groups is 2. The molecule has 0 aliphatic rings. The molecule has 0 atom stereocenters. The second-order valence-corrected chi connectivity index (χ2v) is 8.84. The molecule has 32 heavy (non-hydrogen) atoms. The first-order valence-electron chi connectivity index (χ1n) is 10.3. The minimum Gasteiger partial charge on any atom is -0.507 e. The van der Waals surface area contributed by atoms with Gasteiger partial charge in [0.05, 0.1) is 11.3 Å². The predicted molar refractivity (Wildman–Crippen MR) is 117 cm³/mol. The van der Waals surface area contributed by atoms with Gasteiger partial charge in [0.25, 0.3) is 0 Å². The van der Waals surface area contributed by atoms with Gasteiger partial charge in [-0.05, 0) is 29.2 Å². The lowest BCUT2D eigenvalue weighted by Gasteiger charge is -2.26. The fourth-order valence-electron chi connectivity index (χ4n) is 3.64. The Hall–Kier alpha value is -3.06. The van der Waals surface area contributed by atoms with Crippen molar-refractivity contribution in [2.45, 2.75) is 52.0 Å². The Balaban J connectivity index is 1.96. The lowest BCUT2D eigenvalue weighted by Crippen LogP contribution is -2.24. The number of pyridine rings is 1. The first kappa shape index (κ1) is 23.6. The first-order chi connectivity index (χ1) is 15.0. The third-order valence-corrected chi connectivity index (χ3v) is 5.25. The van der Waals surface area contributed by atoms with Gasteiger partial charge in [0.15, 0.2) is 0 Å². The zero-order chi connectivity index (χ0) is 23.5. The van der Waals surface area contributed by atoms with Crippen molar-refractivity contribution in [3.8, 4) is 11.5 Å². The van der Waals surface area contributed by atoms with Crippen LogP contribution in [0.25, 0.3) is 0 Å². The number of hydrogen-bond donors (Lipinski definition) is 2. The van der Waals surface area contributed by atoms with Crippen LogP contribution < -0.4 is 0 Å². The van der Waals surface area contributed by atoms with Gasteiger partial charge in [-0.3, -0.25) is 9.88 Å². The van der Waals surface area contributed by atoms with Crippen molar-refractivity contribution >= 4 is 0 Å². The topological polar surface area (TPSA) is 56.6 Å². The van der Waals surface area contributed by atoms with Crippen LogP contribution in [-0.4, -0.2) is 20.1 Å². The minimum absolute atomic E-state index is 0.0471. The summed E-state index contributed by atoms with van der Waals surface area (Å²) < 4.78 is 39.8. The van der Waals surface area contributed by atoms with Crippen molar-refractivity contribution < 1.29 is 23.4 Å². The van der Waals surface area contributed by atoms with Crippen molar-refractivity contribution in [2.75, 3.05) is 0 Å². The van der Waals surface area contributed by atoms with E-state index in [0.717, 1.165) is 17.3 Å². The van der Waals surface area contributed by atoms with Gasteiger partial charge in [-0.25, -0.2) is 0 Å². The van der Waals surface area contributed by atoms with Gasteiger partial charge in [0.1, 0.15) is 11.5 Å². The molecular weight excluding hydrogens is 417 g/mol. The van der Waals surface area contributed by atoms with Gasteiger partial charge in [-0.15, -0.1) is 0 Å². The third kappa shape index (κ3) is 5.59. The zero-order valence-corrected chi connectivity index (χ0v) is 18.3. The van der Waals surface area contributed by atoms with Crippen molar-refractivity contribution in [1.82, 2.24) is 9.88 Å². The van der Waals surface area contributed by atoms with Crippen molar-refractivity contribution in [3.63, 3.8) is 0 Å².